The molecule has 0 atom stereocenters. The molecule has 172 valence electrons. The highest BCUT2D eigenvalue weighted by Gasteiger charge is 2.12. The van der Waals surface area contributed by atoms with Crippen LogP contribution in [0.1, 0.15) is 5.56 Å². The maximum absolute atomic E-state index is 13.7. The van der Waals surface area contributed by atoms with Crippen LogP contribution in [0.3, 0.4) is 0 Å². The van der Waals surface area contributed by atoms with E-state index >= 15 is 0 Å². The molecule has 4 rings (SSSR count). The first kappa shape index (κ1) is 23.2. The first-order chi connectivity index (χ1) is 16.3. The van der Waals surface area contributed by atoms with Crippen LogP contribution in [-0.2, 0) is 21.1 Å². The molecule has 0 aromatic heterocycles. The molecule has 0 fully saturated rings. The Kier molecular flexibility index (Phi) is 6.75. The third-order valence-electron chi connectivity index (χ3n) is 5.09. The monoisotopic (exact) mass is 475 g/mol. The maximum atomic E-state index is 13.7. The topological polar surface area (TPSA) is 72.5 Å². The normalized spacial score (nSPS) is 11.1. The van der Waals surface area contributed by atoms with Crippen molar-refractivity contribution >= 4 is 21.4 Å². The lowest BCUT2D eigenvalue weighted by atomic mass is 10.0. The summed E-state index contributed by atoms with van der Waals surface area (Å²) in [5, 5.41) is 2.84. The van der Waals surface area contributed by atoms with Crippen molar-refractivity contribution in [2.24, 2.45) is 0 Å². The van der Waals surface area contributed by atoms with Gasteiger partial charge in [0.15, 0.2) is 9.84 Å². The van der Waals surface area contributed by atoms with Gasteiger partial charge >= 0.3 is 0 Å². The number of rotatable bonds is 7. The van der Waals surface area contributed by atoms with Crippen molar-refractivity contribution in [2.75, 3.05) is 11.6 Å². The lowest BCUT2D eigenvalue weighted by Crippen LogP contribution is -2.14. The van der Waals surface area contributed by atoms with Gasteiger partial charge in [-0.25, -0.2) is 12.8 Å². The standard InChI is InChI=1S/C27H22FNO4S/c1-34(31,32)24-13-10-19(11-14-24)16-27(30)29-22-12-15-25(20-6-3-2-4-7-20)26(18-22)33-23-9-5-8-21(28)17-23/h2-15,17-18H,16H2,1H3,(H,29,30). The van der Waals surface area contributed by atoms with E-state index in [1.807, 2.05) is 36.4 Å². The summed E-state index contributed by atoms with van der Waals surface area (Å²) >= 11 is 0. The fourth-order valence-electron chi connectivity index (χ4n) is 3.44. The van der Waals surface area contributed by atoms with Gasteiger partial charge in [-0.05, 0) is 47.5 Å². The van der Waals surface area contributed by atoms with Crippen LogP contribution in [-0.4, -0.2) is 20.6 Å². The molecule has 0 unspecified atom stereocenters. The van der Waals surface area contributed by atoms with Crippen LogP contribution in [0.25, 0.3) is 11.1 Å². The van der Waals surface area contributed by atoms with Gasteiger partial charge < -0.3 is 10.1 Å². The van der Waals surface area contributed by atoms with Gasteiger partial charge in [0.05, 0.1) is 11.3 Å². The van der Waals surface area contributed by atoms with E-state index in [2.05, 4.69) is 5.32 Å². The van der Waals surface area contributed by atoms with Gasteiger partial charge in [0, 0.05) is 29.6 Å². The minimum Gasteiger partial charge on any atom is -0.457 e. The summed E-state index contributed by atoms with van der Waals surface area (Å²) < 4.78 is 42.9. The summed E-state index contributed by atoms with van der Waals surface area (Å²) in [5.74, 6) is 0.125. The molecular formula is C27H22FNO4S. The lowest BCUT2D eigenvalue weighted by molar-refractivity contribution is -0.115. The highest BCUT2D eigenvalue weighted by Crippen LogP contribution is 2.35. The fourth-order valence-corrected chi connectivity index (χ4v) is 4.07. The molecule has 0 aliphatic heterocycles. The maximum Gasteiger partial charge on any atom is 0.228 e. The Labute approximate surface area is 197 Å². The van der Waals surface area contributed by atoms with E-state index < -0.39 is 15.7 Å². The number of anilines is 1. The van der Waals surface area contributed by atoms with Crippen molar-refractivity contribution in [1.82, 2.24) is 0 Å². The average Bonchev–Trinajstić information content (AvgIpc) is 2.79. The van der Waals surface area contributed by atoms with E-state index in [0.29, 0.717) is 22.7 Å². The summed E-state index contributed by atoms with van der Waals surface area (Å²) in [4.78, 5) is 12.8. The van der Waals surface area contributed by atoms with E-state index in [0.717, 1.165) is 17.4 Å². The summed E-state index contributed by atoms with van der Waals surface area (Å²) in [5.41, 5.74) is 2.91. The van der Waals surface area contributed by atoms with Gasteiger partial charge in [-0.3, -0.25) is 4.79 Å². The Morgan fingerprint density at radius 2 is 1.62 bits per heavy atom. The zero-order valence-electron chi connectivity index (χ0n) is 18.4. The number of amides is 1. The number of halogens is 1. The van der Waals surface area contributed by atoms with E-state index in [-0.39, 0.29) is 17.2 Å². The molecule has 0 bridgehead atoms. The molecule has 4 aromatic rings. The lowest BCUT2D eigenvalue weighted by Gasteiger charge is -2.14. The largest absolute Gasteiger partial charge is 0.457 e. The molecule has 0 aliphatic rings. The Bertz CT molecular complexity index is 1420. The van der Waals surface area contributed by atoms with Crippen LogP contribution in [0.15, 0.2) is 102 Å². The molecule has 1 amide bonds. The number of hydrogen-bond donors (Lipinski definition) is 1. The van der Waals surface area contributed by atoms with Gasteiger partial charge in [0.25, 0.3) is 0 Å². The first-order valence-electron chi connectivity index (χ1n) is 10.5. The number of sulfone groups is 1. The van der Waals surface area contributed by atoms with Gasteiger partial charge in [0.2, 0.25) is 5.91 Å². The van der Waals surface area contributed by atoms with Gasteiger partial charge in [-0.1, -0.05) is 48.5 Å². The Hall–Kier alpha value is -3.97. The summed E-state index contributed by atoms with van der Waals surface area (Å²) in [6, 6.07) is 26.9. The Balaban J connectivity index is 1.56. The Morgan fingerprint density at radius 1 is 0.882 bits per heavy atom. The number of benzene rings is 4. The predicted octanol–water partition coefficient (Wildman–Crippen LogP) is 5.87. The van der Waals surface area contributed by atoms with E-state index in [1.54, 1.807) is 36.4 Å². The molecule has 34 heavy (non-hydrogen) atoms. The smallest absolute Gasteiger partial charge is 0.228 e. The van der Waals surface area contributed by atoms with E-state index in [1.165, 1.54) is 24.3 Å². The minimum atomic E-state index is -3.29. The van der Waals surface area contributed by atoms with Crippen molar-refractivity contribution in [3.05, 3.63) is 108 Å². The number of ether oxygens (including phenoxy) is 1. The molecular weight excluding hydrogens is 453 g/mol. The number of nitrogens with one attached hydrogen (secondary N) is 1. The molecule has 5 nitrogen and oxygen atoms in total. The minimum absolute atomic E-state index is 0.0740. The van der Waals surface area contributed by atoms with Crippen LogP contribution in [0.4, 0.5) is 10.1 Å². The molecule has 0 radical (unpaired) electrons. The second-order valence-electron chi connectivity index (χ2n) is 7.78. The zero-order valence-corrected chi connectivity index (χ0v) is 19.2. The van der Waals surface area contributed by atoms with Crippen LogP contribution in [0.5, 0.6) is 11.5 Å². The second kappa shape index (κ2) is 9.89. The summed E-state index contributed by atoms with van der Waals surface area (Å²) in [6.45, 7) is 0. The molecule has 0 aliphatic carbocycles. The van der Waals surface area contributed by atoms with Crippen molar-refractivity contribution in [1.29, 1.82) is 0 Å². The Morgan fingerprint density at radius 3 is 2.29 bits per heavy atom. The van der Waals surface area contributed by atoms with Gasteiger partial charge in [-0.2, -0.15) is 0 Å². The molecule has 1 N–H and O–H groups in total. The second-order valence-corrected chi connectivity index (χ2v) is 9.79. The van der Waals surface area contributed by atoms with Crippen molar-refractivity contribution < 1.29 is 22.3 Å². The van der Waals surface area contributed by atoms with Crippen LogP contribution in [0, 0.1) is 5.82 Å². The van der Waals surface area contributed by atoms with Crippen LogP contribution in [0.2, 0.25) is 0 Å². The van der Waals surface area contributed by atoms with Crippen LogP contribution >= 0.6 is 0 Å². The predicted molar refractivity (Wildman–Crippen MR) is 130 cm³/mol. The average molecular weight is 476 g/mol. The highest BCUT2D eigenvalue weighted by molar-refractivity contribution is 7.90. The van der Waals surface area contributed by atoms with Gasteiger partial charge in [-0.15, -0.1) is 0 Å². The summed E-state index contributed by atoms with van der Waals surface area (Å²) in [6.07, 6.45) is 1.21. The molecule has 4 aromatic carbocycles. The van der Waals surface area contributed by atoms with E-state index in [4.69, 9.17) is 4.74 Å². The SMILES string of the molecule is CS(=O)(=O)c1ccc(CC(=O)Nc2ccc(-c3ccccc3)c(Oc3cccc(F)c3)c2)cc1. The highest BCUT2D eigenvalue weighted by atomic mass is 32.2. The van der Waals surface area contributed by atoms with E-state index in [9.17, 15) is 17.6 Å². The third kappa shape index (κ3) is 5.88. The number of carbonyl (C=O) groups is 1. The van der Waals surface area contributed by atoms with Crippen molar-refractivity contribution in [2.45, 2.75) is 11.3 Å². The van der Waals surface area contributed by atoms with Crippen molar-refractivity contribution in [3.63, 3.8) is 0 Å². The third-order valence-corrected chi connectivity index (χ3v) is 6.22. The zero-order chi connectivity index (χ0) is 24.1. The van der Waals surface area contributed by atoms with Crippen LogP contribution < -0.4 is 10.1 Å². The first-order valence-corrected chi connectivity index (χ1v) is 12.4. The van der Waals surface area contributed by atoms with Crippen molar-refractivity contribution in [3.8, 4) is 22.6 Å². The quantitative estimate of drug-likeness (QED) is 0.363. The summed E-state index contributed by atoms with van der Waals surface area (Å²) in [7, 11) is -3.29. The molecule has 0 saturated heterocycles. The molecule has 0 spiro atoms. The molecule has 0 heterocycles. The molecule has 7 heteroatoms. The fraction of sp³-hybridized carbons (Fsp3) is 0.0741. The number of carbonyl (C=O) groups excluding carboxylic acids is 1. The van der Waals surface area contributed by atoms with Gasteiger partial charge in [0.1, 0.15) is 17.3 Å². The molecule has 0 saturated carbocycles. The number of hydrogen-bond acceptors (Lipinski definition) is 4.